The van der Waals surface area contributed by atoms with E-state index in [9.17, 15) is 9.90 Å². The first kappa shape index (κ1) is 19.7. The van der Waals surface area contributed by atoms with E-state index in [2.05, 4.69) is 43.2 Å². The molecule has 1 N–H and O–H groups in total. The molecule has 0 fully saturated rings. The fourth-order valence-corrected chi connectivity index (χ4v) is 3.19. The van der Waals surface area contributed by atoms with Gasteiger partial charge >= 0.3 is 5.97 Å². The zero-order valence-electron chi connectivity index (χ0n) is 16.7. The number of nitrogens with zero attached hydrogens (tertiary/aromatic N) is 2. The number of esters is 1. The van der Waals surface area contributed by atoms with E-state index in [1.165, 1.54) is 5.56 Å². The number of aromatic nitrogens is 2. The van der Waals surface area contributed by atoms with Gasteiger partial charge in [-0.2, -0.15) is 5.10 Å². The first-order valence-corrected chi connectivity index (χ1v) is 9.57. The average Bonchev–Trinajstić information content (AvgIpc) is 3.13. The van der Waals surface area contributed by atoms with Gasteiger partial charge in [-0.1, -0.05) is 50.2 Å². The lowest BCUT2D eigenvalue weighted by atomic mass is 9.99. The van der Waals surface area contributed by atoms with E-state index in [4.69, 9.17) is 4.74 Å². The van der Waals surface area contributed by atoms with Crippen molar-refractivity contribution in [3.05, 3.63) is 71.4 Å². The van der Waals surface area contributed by atoms with Crippen molar-refractivity contribution < 1.29 is 14.6 Å². The second-order valence-corrected chi connectivity index (χ2v) is 7.09. The van der Waals surface area contributed by atoms with Crippen LogP contribution >= 0.6 is 0 Å². The Kier molecular flexibility index (Phi) is 5.83. The third-order valence-corrected chi connectivity index (χ3v) is 4.85. The van der Waals surface area contributed by atoms with Crippen LogP contribution in [-0.2, 0) is 4.74 Å². The largest absolute Gasteiger partial charge is 0.507 e. The summed E-state index contributed by atoms with van der Waals surface area (Å²) in [4.78, 5) is 12.2. The summed E-state index contributed by atoms with van der Waals surface area (Å²) in [6, 6.07) is 17.0. The Morgan fingerprint density at radius 1 is 1.07 bits per heavy atom. The lowest BCUT2D eigenvalue weighted by Gasteiger charge is -2.17. The smallest absolute Gasteiger partial charge is 0.358 e. The van der Waals surface area contributed by atoms with Crippen LogP contribution in [0.25, 0.3) is 11.3 Å². The van der Waals surface area contributed by atoms with Crippen LogP contribution in [-0.4, -0.2) is 27.5 Å². The molecule has 146 valence electrons. The van der Waals surface area contributed by atoms with Crippen LogP contribution in [0.2, 0.25) is 0 Å². The Balaban J connectivity index is 2.07. The molecule has 0 aliphatic rings. The molecule has 1 aromatic heterocycles. The number of ether oxygens (including phenoxy) is 1. The number of phenols is 1. The summed E-state index contributed by atoms with van der Waals surface area (Å²) in [5.41, 5.74) is 3.85. The minimum atomic E-state index is -0.472. The van der Waals surface area contributed by atoms with Crippen molar-refractivity contribution in [2.24, 2.45) is 0 Å². The summed E-state index contributed by atoms with van der Waals surface area (Å²) >= 11 is 0. The molecule has 3 aromatic rings. The molecule has 5 heteroatoms. The minimum absolute atomic E-state index is 0.126. The summed E-state index contributed by atoms with van der Waals surface area (Å²) in [7, 11) is 0. The van der Waals surface area contributed by atoms with E-state index in [1.807, 2.05) is 19.1 Å². The van der Waals surface area contributed by atoms with Gasteiger partial charge in [-0.3, -0.25) is 4.68 Å². The number of aromatic hydroxyl groups is 1. The monoisotopic (exact) mass is 378 g/mol. The molecule has 0 saturated carbocycles. The number of carbonyl (C=O) groups excluding carboxylic acids is 1. The third kappa shape index (κ3) is 3.93. The van der Waals surface area contributed by atoms with Gasteiger partial charge in [0, 0.05) is 5.56 Å². The Hall–Kier alpha value is -3.08. The van der Waals surface area contributed by atoms with Crippen molar-refractivity contribution in [2.45, 2.75) is 39.7 Å². The van der Waals surface area contributed by atoms with Crippen LogP contribution in [0.4, 0.5) is 0 Å². The molecule has 1 unspecified atom stereocenters. The van der Waals surface area contributed by atoms with E-state index < -0.39 is 5.97 Å². The number of hydrogen-bond donors (Lipinski definition) is 1. The standard InChI is InChI=1S/C23H26N2O3/c1-5-28-23(27)20-14-21(19-8-6-7-9-22(19)26)25(24-20)16(4)18-12-10-17(11-13-18)15(2)3/h6-16,26H,5H2,1-4H3. The maximum absolute atomic E-state index is 12.2. The van der Waals surface area contributed by atoms with Crippen LogP contribution in [0.1, 0.15) is 61.3 Å². The Bertz CT molecular complexity index is 958. The van der Waals surface area contributed by atoms with E-state index in [0.717, 1.165) is 5.56 Å². The molecule has 0 radical (unpaired) electrons. The first-order valence-electron chi connectivity index (χ1n) is 9.57. The summed E-state index contributed by atoms with van der Waals surface area (Å²) in [6.45, 7) is 8.39. The molecule has 3 rings (SSSR count). The van der Waals surface area contributed by atoms with Gasteiger partial charge in [0.2, 0.25) is 0 Å². The van der Waals surface area contributed by atoms with Gasteiger partial charge in [-0.15, -0.1) is 0 Å². The highest BCUT2D eigenvalue weighted by Gasteiger charge is 2.22. The molecule has 0 aliphatic heterocycles. The molecule has 0 bridgehead atoms. The van der Waals surface area contributed by atoms with Crippen molar-refractivity contribution in [3.63, 3.8) is 0 Å². The van der Waals surface area contributed by atoms with E-state index in [1.54, 1.807) is 29.8 Å². The van der Waals surface area contributed by atoms with Gasteiger partial charge in [0.15, 0.2) is 5.69 Å². The van der Waals surface area contributed by atoms with Crippen molar-refractivity contribution in [3.8, 4) is 17.0 Å². The zero-order chi connectivity index (χ0) is 20.3. The molecular weight excluding hydrogens is 352 g/mol. The van der Waals surface area contributed by atoms with Crippen molar-refractivity contribution in [1.82, 2.24) is 9.78 Å². The van der Waals surface area contributed by atoms with E-state index in [0.29, 0.717) is 17.2 Å². The summed E-state index contributed by atoms with van der Waals surface area (Å²) in [6.07, 6.45) is 0. The van der Waals surface area contributed by atoms with E-state index in [-0.39, 0.29) is 24.1 Å². The Morgan fingerprint density at radius 2 is 1.71 bits per heavy atom. The molecule has 1 heterocycles. The van der Waals surface area contributed by atoms with E-state index >= 15 is 0 Å². The third-order valence-electron chi connectivity index (χ3n) is 4.85. The SMILES string of the molecule is CCOC(=O)c1cc(-c2ccccc2O)n(C(C)c2ccc(C(C)C)cc2)n1. The van der Waals surface area contributed by atoms with Gasteiger partial charge in [-0.05, 0) is 49.1 Å². The van der Waals surface area contributed by atoms with Gasteiger partial charge < -0.3 is 9.84 Å². The first-order chi connectivity index (χ1) is 13.4. The number of benzene rings is 2. The number of phenolic OH excluding ortho intramolecular Hbond substituents is 1. The highest BCUT2D eigenvalue weighted by Crippen LogP contribution is 2.33. The van der Waals surface area contributed by atoms with Gasteiger partial charge in [-0.25, -0.2) is 4.79 Å². The predicted molar refractivity (Wildman–Crippen MR) is 110 cm³/mol. The quantitative estimate of drug-likeness (QED) is 0.601. The molecular formula is C23H26N2O3. The predicted octanol–water partition coefficient (Wildman–Crippen LogP) is 5.17. The molecule has 1 atom stereocenters. The molecule has 28 heavy (non-hydrogen) atoms. The minimum Gasteiger partial charge on any atom is -0.507 e. The molecule has 5 nitrogen and oxygen atoms in total. The lowest BCUT2D eigenvalue weighted by molar-refractivity contribution is 0.0518. The maximum atomic E-state index is 12.2. The fraction of sp³-hybridized carbons (Fsp3) is 0.304. The number of para-hydroxylation sites is 1. The van der Waals surface area contributed by atoms with Crippen LogP contribution in [0, 0.1) is 0 Å². The van der Waals surface area contributed by atoms with Gasteiger partial charge in [0.1, 0.15) is 5.75 Å². The second-order valence-electron chi connectivity index (χ2n) is 7.09. The van der Waals surface area contributed by atoms with Gasteiger partial charge in [0.05, 0.1) is 18.3 Å². The number of carbonyl (C=O) groups is 1. The van der Waals surface area contributed by atoms with Crippen LogP contribution in [0.3, 0.4) is 0 Å². The average molecular weight is 378 g/mol. The molecule has 0 aliphatic carbocycles. The Morgan fingerprint density at radius 3 is 2.32 bits per heavy atom. The highest BCUT2D eigenvalue weighted by molar-refractivity contribution is 5.89. The van der Waals surface area contributed by atoms with Crippen molar-refractivity contribution >= 4 is 5.97 Å². The summed E-state index contributed by atoms with van der Waals surface area (Å²) in [5, 5.41) is 14.8. The topological polar surface area (TPSA) is 64.3 Å². The number of rotatable bonds is 6. The van der Waals surface area contributed by atoms with Crippen molar-refractivity contribution in [2.75, 3.05) is 6.61 Å². The zero-order valence-corrected chi connectivity index (χ0v) is 16.7. The number of hydrogen-bond acceptors (Lipinski definition) is 4. The maximum Gasteiger partial charge on any atom is 0.358 e. The summed E-state index contributed by atoms with van der Waals surface area (Å²) < 4.78 is 6.88. The molecule has 0 amide bonds. The van der Waals surface area contributed by atoms with Crippen LogP contribution in [0.15, 0.2) is 54.6 Å². The molecule has 2 aromatic carbocycles. The van der Waals surface area contributed by atoms with Crippen LogP contribution < -0.4 is 0 Å². The summed E-state index contributed by atoms with van der Waals surface area (Å²) in [5.74, 6) is 0.128. The van der Waals surface area contributed by atoms with Crippen molar-refractivity contribution in [1.29, 1.82) is 0 Å². The fourth-order valence-electron chi connectivity index (χ4n) is 3.19. The normalized spacial score (nSPS) is 12.2. The second kappa shape index (κ2) is 8.30. The lowest BCUT2D eigenvalue weighted by Crippen LogP contribution is -2.12. The molecule has 0 spiro atoms. The highest BCUT2D eigenvalue weighted by atomic mass is 16.5. The Labute approximate surface area is 165 Å². The molecule has 0 saturated heterocycles. The van der Waals surface area contributed by atoms with Gasteiger partial charge in [0.25, 0.3) is 0 Å². The van der Waals surface area contributed by atoms with Crippen LogP contribution in [0.5, 0.6) is 5.75 Å².